The topological polar surface area (TPSA) is 281 Å². The van der Waals surface area contributed by atoms with Gasteiger partial charge in [-0.1, -0.05) is 122 Å². The third kappa shape index (κ3) is 22.9. The van der Waals surface area contributed by atoms with Gasteiger partial charge in [-0.25, -0.2) is 14.4 Å². The maximum atomic E-state index is 13.3. The quantitative estimate of drug-likeness (QED) is 0.0311. The molecule has 6 aliphatic heterocycles. The number of piperazine rings is 1. The van der Waals surface area contributed by atoms with E-state index in [-0.39, 0.29) is 82.9 Å². The molecule has 6 unspecified atom stereocenters. The molecule has 0 spiro atoms. The molecule has 6 atom stereocenters. The zero-order valence-corrected chi connectivity index (χ0v) is 85.5. The van der Waals surface area contributed by atoms with Gasteiger partial charge >= 0.3 is 18.3 Å². The van der Waals surface area contributed by atoms with Gasteiger partial charge < -0.3 is 73.6 Å². The SMILES string of the molecule is CCC(Br)C(=O)N1CCc2c([nH]c3ccc(Cl)cc23)C1c1ccc(OC)cc1.CCOC(=O)N1CCc2c([nH]c3ccc(Br)cc23)C1c1ccc(C(=O)N2CCN(CCCN(C)C)CC2)cc1.CCOC(=O)N1CCc2c([nH]c3ccc(Cl)cc23)C1c1ccc(C(=O)N(C)CCCN(C)C)cc1.CCOC(=O)N1CCc2c([nH]c3ccc(Cl)cc23)C1c1ccc(C(=O)N2CCC(NC(C)=O)C2)cc1. The molecule has 0 bridgehead atoms. The molecule has 8 aromatic carbocycles. The Morgan fingerprint density at radius 2 is 0.812 bits per heavy atom. The van der Waals surface area contributed by atoms with Gasteiger partial charge in [0.15, 0.2) is 0 Å². The zero-order valence-electron chi connectivity index (χ0n) is 80.1. The molecule has 32 heteroatoms. The number of hydrogen-bond donors (Lipinski definition) is 5. The summed E-state index contributed by atoms with van der Waals surface area (Å²) >= 11 is 25.9. The monoisotopic (exact) mass is 2060 g/mol. The van der Waals surface area contributed by atoms with Crippen molar-refractivity contribution >= 4 is 158 Å². The number of H-pyrrole nitrogens is 4. The number of hydrogen-bond acceptors (Lipinski definition) is 15. The first-order valence-corrected chi connectivity index (χ1v) is 50.4. The largest absolute Gasteiger partial charge is 0.497 e. The van der Waals surface area contributed by atoms with Gasteiger partial charge in [0, 0.05) is 195 Å². The number of likely N-dealkylation sites (tertiary alicyclic amines) is 1. The predicted molar refractivity (Wildman–Crippen MR) is 550 cm³/mol. The molecule has 0 aliphatic carbocycles. The molecule has 12 aromatic rings. The van der Waals surface area contributed by atoms with E-state index in [1.54, 1.807) is 50.7 Å². The average Bonchev–Trinajstić information content (AvgIpc) is 1.60. The molecule has 8 amide bonds. The van der Waals surface area contributed by atoms with Crippen molar-refractivity contribution < 1.29 is 57.3 Å². The summed E-state index contributed by atoms with van der Waals surface area (Å²) in [7, 11) is 11.7. The Hall–Kier alpha value is -11.4. The minimum atomic E-state index is -0.376. The highest BCUT2D eigenvalue weighted by molar-refractivity contribution is 9.10. The molecule has 27 nitrogen and oxygen atoms in total. The molecule has 2 fully saturated rings. The van der Waals surface area contributed by atoms with Crippen molar-refractivity contribution in [2.45, 2.75) is 121 Å². The van der Waals surface area contributed by atoms with Gasteiger partial charge in [0.2, 0.25) is 11.8 Å². The number of carbonyl (C=O) groups excluding carboxylic acids is 8. The van der Waals surface area contributed by atoms with Crippen molar-refractivity contribution in [1.82, 2.24) is 74.3 Å². The Labute approximate surface area is 837 Å². The zero-order chi connectivity index (χ0) is 97.9. The van der Waals surface area contributed by atoms with Crippen molar-refractivity contribution in [3.8, 4) is 5.75 Å². The highest BCUT2D eigenvalue weighted by Gasteiger charge is 2.42. The molecular formula is C106H122Br2Cl3N15O12. The molecule has 728 valence electrons. The molecule has 4 aromatic heterocycles. The summed E-state index contributed by atoms with van der Waals surface area (Å²) in [6.45, 7) is 20.3. The molecule has 0 radical (unpaired) electrons. The minimum absolute atomic E-state index is 0.0119. The molecule has 6 aliphatic rings. The second-order valence-electron chi connectivity index (χ2n) is 36.3. The smallest absolute Gasteiger partial charge is 0.410 e. The van der Waals surface area contributed by atoms with Gasteiger partial charge in [0.25, 0.3) is 17.7 Å². The van der Waals surface area contributed by atoms with Gasteiger partial charge in [-0.15, -0.1) is 0 Å². The fraction of sp³-hybridized carbons (Fsp3) is 0.396. The maximum absolute atomic E-state index is 13.3. The molecule has 18 rings (SSSR count). The van der Waals surface area contributed by atoms with Crippen molar-refractivity contribution in [3.63, 3.8) is 0 Å². The van der Waals surface area contributed by atoms with Gasteiger partial charge in [-0.05, 0) is 286 Å². The fourth-order valence-electron chi connectivity index (χ4n) is 19.9. The lowest BCUT2D eigenvalue weighted by molar-refractivity contribution is -0.132. The summed E-state index contributed by atoms with van der Waals surface area (Å²) in [4.78, 5) is 136. The summed E-state index contributed by atoms with van der Waals surface area (Å²) in [6, 6.07) is 53.2. The summed E-state index contributed by atoms with van der Waals surface area (Å²) in [5.41, 5.74) is 18.5. The van der Waals surface area contributed by atoms with Crippen LogP contribution in [0.3, 0.4) is 0 Å². The summed E-state index contributed by atoms with van der Waals surface area (Å²) < 4.78 is 22.5. The average molecular weight is 2060 g/mol. The van der Waals surface area contributed by atoms with E-state index in [2.05, 4.69) is 98.0 Å². The van der Waals surface area contributed by atoms with E-state index in [4.69, 9.17) is 53.8 Å². The van der Waals surface area contributed by atoms with Crippen LogP contribution in [0.15, 0.2) is 174 Å². The van der Waals surface area contributed by atoms with Gasteiger partial charge in [-0.3, -0.25) is 43.6 Å². The normalized spacial score (nSPS) is 17.6. The highest BCUT2D eigenvalue weighted by atomic mass is 79.9. The number of alkyl halides is 1. The van der Waals surface area contributed by atoms with Crippen LogP contribution in [0, 0.1) is 0 Å². The summed E-state index contributed by atoms with van der Waals surface area (Å²) in [5, 5.41) is 9.39. The molecule has 5 N–H and O–H groups in total. The maximum Gasteiger partial charge on any atom is 0.410 e. The minimum Gasteiger partial charge on any atom is -0.497 e. The first kappa shape index (κ1) is 101. The predicted octanol–water partition coefficient (Wildman–Crippen LogP) is 19.4. The number of aromatic amines is 4. The van der Waals surface area contributed by atoms with Crippen LogP contribution in [0.1, 0.15) is 183 Å². The number of amides is 8. The van der Waals surface area contributed by atoms with Crippen LogP contribution in [-0.4, -0.2) is 281 Å². The van der Waals surface area contributed by atoms with Crippen LogP contribution >= 0.6 is 66.7 Å². The van der Waals surface area contributed by atoms with Gasteiger partial charge in [0.05, 0.1) is 37.8 Å². The number of benzene rings is 8. The number of ether oxygens (including phenoxy) is 4. The van der Waals surface area contributed by atoms with E-state index >= 15 is 0 Å². The van der Waals surface area contributed by atoms with E-state index in [9.17, 15) is 38.4 Å². The Morgan fingerprint density at radius 3 is 1.20 bits per heavy atom. The van der Waals surface area contributed by atoms with Gasteiger partial charge in [-0.2, -0.15) is 0 Å². The van der Waals surface area contributed by atoms with Crippen LogP contribution in [-0.2, 0) is 49.5 Å². The van der Waals surface area contributed by atoms with Crippen LogP contribution in [0.4, 0.5) is 14.4 Å². The summed E-state index contributed by atoms with van der Waals surface area (Å²) in [6.07, 6.45) is 5.45. The number of rotatable bonds is 22. The van der Waals surface area contributed by atoms with Gasteiger partial charge in [0.1, 0.15) is 23.9 Å². The Morgan fingerprint density at radius 1 is 0.442 bits per heavy atom. The Balaban J connectivity index is 0.000000140. The van der Waals surface area contributed by atoms with E-state index < -0.39 is 0 Å². The molecule has 2 saturated heterocycles. The number of carbonyl (C=O) groups is 8. The fourth-order valence-corrected chi connectivity index (χ4v) is 21.0. The van der Waals surface area contributed by atoms with E-state index in [0.717, 1.165) is 194 Å². The molecule has 138 heavy (non-hydrogen) atoms. The lowest BCUT2D eigenvalue weighted by Gasteiger charge is -2.37. The van der Waals surface area contributed by atoms with Crippen LogP contribution < -0.4 is 10.1 Å². The Kier molecular flexibility index (Phi) is 33.4. The first-order valence-electron chi connectivity index (χ1n) is 47.6. The van der Waals surface area contributed by atoms with Crippen molar-refractivity contribution in [3.05, 3.63) is 273 Å². The molecule has 0 saturated carbocycles. The standard InChI is InChI=1S/C30H38BrN5O3.C27H29ClN4O4.C27H33ClN4O3.C22H22BrClN2O2/c1-4-39-30(38)36-15-12-24-25-20-23(31)10-11-26(25)32-27(24)28(36)21-6-8-22(9-7-21)29(37)35-18-16-34(17-19-35)14-5-13-33(2)3;1-3-36-27(35)32-13-11-21-22-14-19(28)8-9-23(22)30-24(21)25(32)17-4-6-18(7-5-17)26(34)31-12-10-20(15-31)29-16(2)33;1-5-35-27(34)32-16-13-21-22-17-20(28)11-12-23(22)29-24(21)25(32)18-7-9-19(10-8-18)26(33)31(4)15-6-14-30(2)3;1-3-18(23)22(27)26-11-10-16-17-12-14(24)6-9-19(17)25-20(16)21(26)13-4-7-15(28-2)8-5-13/h6-11,20,28,32H,4-5,12-19H2,1-3H3;4-9,14,20,25,30H,3,10-13,15H2,1-2H3,(H,29,33);7-12,17,25,29H,5-6,13-16H2,1-4H3;4-9,12,18,21,25H,3,10-11H2,1-2H3. The highest BCUT2D eigenvalue weighted by Crippen LogP contribution is 2.46. The van der Waals surface area contributed by atoms with Crippen molar-refractivity contribution in [2.24, 2.45) is 0 Å². The third-order valence-corrected chi connectivity index (χ3v) is 28.9. The van der Waals surface area contributed by atoms with Crippen molar-refractivity contribution in [2.75, 3.05) is 154 Å². The van der Waals surface area contributed by atoms with Crippen LogP contribution in [0.2, 0.25) is 15.1 Å². The lowest BCUT2D eigenvalue weighted by Crippen LogP contribution is -2.49. The lowest BCUT2D eigenvalue weighted by atomic mass is 9.92. The first-order chi connectivity index (χ1) is 66.5. The van der Waals surface area contributed by atoms with E-state index in [1.165, 1.54) is 23.4 Å². The number of methoxy groups -OCH3 is 1. The Bertz CT molecular complexity index is 6380. The number of fused-ring (bicyclic) bond motifs is 12. The van der Waals surface area contributed by atoms with E-state index in [0.29, 0.717) is 105 Å². The number of nitrogens with one attached hydrogen (secondary N) is 5. The van der Waals surface area contributed by atoms with Crippen LogP contribution in [0.5, 0.6) is 5.75 Å². The van der Waals surface area contributed by atoms with Crippen LogP contribution in [0.25, 0.3) is 43.6 Å². The van der Waals surface area contributed by atoms with Crippen molar-refractivity contribution in [1.29, 1.82) is 0 Å². The third-order valence-electron chi connectivity index (χ3n) is 26.7. The second kappa shape index (κ2) is 45.7. The molecular weight excluding hydrogens is 1940 g/mol. The second-order valence-corrected chi connectivity index (χ2v) is 39.6. The number of halogens is 5. The van der Waals surface area contributed by atoms with E-state index in [1.807, 2.05) is 197 Å². The summed E-state index contributed by atoms with van der Waals surface area (Å²) in [5.74, 6) is 0.814. The number of nitrogens with zero attached hydrogens (tertiary/aromatic N) is 10. The molecule has 10 heterocycles. The number of aromatic nitrogens is 4.